The summed E-state index contributed by atoms with van der Waals surface area (Å²) < 4.78 is 11.0. The SMILES string of the molecule is CCCOc1c(/C=N\NC(=O)c2ccccc2O)cccc1OC. The molecule has 6 heteroatoms. The Labute approximate surface area is 140 Å². The number of carbonyl (C=O) groups is 1. The molecule has 0 saturated carbocycles. The number of hydrogen-bond donors (Lipinski definition) is 2. The van der Waals surface area contributed by atoms with Gasteiger partial charge in [-0.15, -0.1) is 0 Å². The Morgan fingerprint density at radius 2 is 2.04 bits per heavy atom. The Morgan fingerprint density at radius 1 is 1.25 bits per heavy atom. The van der Waals surface area contributed by atoms with Crippen LogP contribution >= 0.6 is 0 Å². The van der Waals surface area contributed by atoms with Crippen LogP contribution in [0.15, 0.2) is 47.6 Å². The maximum Gasteiger partial charge on any atom is 0.275 e. The van der Waals surface area contributed by atoms with E-state index < -0.39 is 5.91 Å². The minimum atomic E-state index is -0.497. The lowest BCUT2D eigenvalue weighted by Crippen LogP contribution is -2.17. The topological polar surface area (TPSA) is 80.2 Å². The number of amides is 1. The first-order valence-corrected chi connectivity index (χ1v) is 7.58. The predicted octanol–water partition coefficient (Wildman–Crippen LogP) is 2.95. The summed E-state index contributed by atoms with van der Waals surface area (Å²) in [6, 6.07) is 11.7. The first kappa shape index (κ1) is 17.3. The zero-order valence-corrected chi connectivity index (χ0v) is 13.7. The first-order valence-electron chi connectivity index (χ1n) is 7.58. The molecular weight excluding hydrogens is 308 g/mol. The number of hydrazone groups is 1. The van der Waals surface area contributed by atoms with Crippen molar-refractivity contribution in [3.8, 4) is 17.2 Å². The quantitative estimate of drug-likeness (QED) is 0.605. The van der Waals surface area contributed by atoms with Crippen LogP contribution in [0.25, 0.3) is 0 Å². The number of phenolic OH excluding ortho intramolecular Hbond substituents is 1. The van der Waals surface area contributed by atoms with E-state index in [1.54, 1.807) is 25.3 Å². The highest BCUT2D eigenvalue weighted by Gasteiger charge is 2.10. The van der Waals surface area contributed by atoms with Crippen LogP contribution in [0.5, 0.6) is 17.2 Å². The molecule has 126 valence electrons. The number of phenols is 1. The summed E-state index contributed by atoms with van der Waals surface area (Å²) in [5.41, 5.74) is 3.22. The van der Waals surface area contributed by atoms with Crippen molar-refractivity contribution in [1.29, 1.82) is 0 Å². The molecule has 2 N–H and O–H groups in total. The summed E-state index contributed by atoms with van der Waals surface area (Å²) >= 11 is 0. The van der Waals surface area contributed by atoms with Gasteiger partial charge in [-0.3, -0.25) is 4.79 Å². The predicted molar refractivity (Wildman–Crippen MR) is 91.9 cm³/mol. The number of nitrogens with one attached hydrogen (secondary N) is 1. The second kappa shape index (κ2) is 8.57. The Morgan fingerprint density at radius 3 is 2.75 bits per heavy atom. The number of para-hydroxylation sites is 2. The fourth-order valence-corrected chi connectivity index (χ4v) is 2.04. The molecule has 0 aliphatic rings. The summed E-state index contributed by atoms with van der Waals surface area (Å²) in [6.45, 7) is 2.56. The number of aromatic hydroxyl groups is 1. The summed E-state index contributed by atoms with van der Waals surface area (Å²) in [7, 11) is 1.56. The van der Waals surface area contributed by atoms with Gasteiger partial charge in [0.1, 0.15) is 5.75 Å². The molecule has 1 amide bonds. The Hall–Kier alpha value is -3.02. The molecule has 0 atom stereocenters. The lowest BCUT2D eigenvalue weighted by molar-refractivity contribution is 0.0952. The van der Waals surface area contributed by atoms with Crippen LogP contribution in [0.2, 0.25) is 0 Å². The second-order valence-corrected chi connectivity index (χ2v) is 4.94. The number of hydrogen-bond acceptors (Lipinski definition) is 5. The normalized spacial score (nSPS) is 10.6. The second-order valence-electron chi connectivity index (χ2n) is 4.94. The van der Waals surface area contributed by atoms with E-state index in [4.69, 9.17) is 9.47 Å². The Balaban J connectivity index is 2.14. The van der Waals surface area contributed by atoms with Crippen molar-refractivity contribution in [3.63, 3.8) is 0 Å². The number of nitrogens with zero attached hydrogens (tertiary/aromatic N) is 1. The number of carbonyl (C=O) groups excluding carboxylic acids is 1. The molecule has 0 spiro atoms. The van der Waals surface area contributed by atoms with Gasteiger partial charge >= 0.3 is 0 Å². The van der Waals surface area contributed by atoms with E-state index in [1.807, 2.05) is 19.1 Å². The maximum absolute atomic E-state index is 12.0. The van der Waals surface area contributed by atoms with Crippen molar-refractivity contribution in [3.05, 3.63) is 53.6 Å². The molecule has 2 rings (SSSR count). The van der Waals surface area contributed by atoms with Crippen LogP contribution in [-0.4, -0.2) is 30.9 Å². The van der Waals surface area contributed by atoms with Crippen LogP contribution in [-0.2, 0) is 0 Å². The van der Waals surface area contributed by atoms with Gasteiger partial charge in [-0.25, -0.2) is 5.43 Å². The van der Waals surface area contributed by atoms with Gasteiger partial charge < -0.3 is 14.6 Å². The molecule has 0 radical (unpaired) electrons. The number of benzene rings is 2. The maximum atomic E-state index is 12.0. The van der Waals surface area contributed by atoms with Crippen LogP contribution < -0.4 is 14.9 Å². The van der Waals surface area contributed by atoms with E-state index in [0.717, 1.165) is 6.42 Å². The minimum absolute atomic E-state index is 0.0986. The van der Waals surface area contributed by atoms with Gasteiger partial charge in [0.15, 0.2) is 11.5 Å². The third-order valence-electron chi connectivity index (χ3n) is 3.20. The van der Waals surface area contributed by atoms with E-state index in [2.05, 4.69) is 10.5 Å². The van der Waals surface area contributed by atoms with E-state index in [9.17, 15) is 9.90 Å². The third-order valence-corrected chi connectivity index (χ3v) is 3.20. The van der Waals surface area contributed by atoms with Gasteiger partial charge in [0.2, 0.25) is 0 Å². The number of ether oxygens (including phenoxy) is 2. The Kier molecular flexibility index (Phi) is 6.19. The van der Waals surface area contributed by atoms with E-state index >= 15 is 0 Å². The average Bonchev–Trinajstić information content (AvgIpc) is 2.60. The molecule has 0 fully saturated rings. The zero-order valence-electron chi connectivity index (χ0n) is 13.7. The van der Waals surface area contributed by atoms with Gasteiger partial charge in [0.25, 0.3) is 5.91 Å². The number of methoxy groups -OCH3 is 1. The first-order chi connectivity index (χ1) is 11.7. The van der Waals surface area contributed by atoms with Crippen molar-refractivity contribution in [1.82, 2.24) is 5.43 Å². The molecular formula is C18H20N2O4. The van der Waals surface area contributed by atoms with Crippen LogP contribution in [0, 0.1) is 0 Å². The van der Waals surface area contributed by atoms with Crippen molar-refractivity contribution in [2.24, 2.45) is 5.10 Å². The average molecular weight is 328 g/mol. The molecule has 0 aromatic heterocycles. The van der Waals surface area contributed by atoms with Gasteiger partial charge in [0.05, 0.1) is 25.5 Å². The lowest BCUT2D eigenvalue weighted by atomic mass is 10.2. The molecule has 0 saturated heterocycles. The van der Waals surface area contributed by atoms with Gasteiger partial charge in [-0.05, 0) is 30.7 Å². The Bertz CT molecular complexity index is 729. The van der Waals surface area contributed by atoms with Crippen molar-refractivity contribution in [2.45, 2.75) is 13.3 Å². The fourth-order valence-electron chi connectivity index (χ4n) is 2.04. The van der Waals surface area contributed by atoms with E-state index in [1.165, 1.54) is 18.3 Å². The van der Waals surface area contributed by atoms with Crippen molar-refractivity contribution in [2.75, 3.05) is 13.7 Å². The summed E-state index contributed by atoms with van der Waals surface area (Å²) in [5, 5.41) is 13.6. The summed E-state index contributed by atoms with van der Waals surface area (Å²) in [4.78, 5) is 12.0. The van der Waals surface area contributed by atoms with Gasteiger partial charge in [-0.1, -0.05) is 25.1 Å². The zero-order chi connectivity index (χ0) is 17.4. The molecule has 0 aliphatic heterocycles. The molecule has 6 nitrogen and oxygen atoms in total. The monoisotopic (exact) mass is 328 g/mol. The number of rotatable bonds is 7. The summed E-state index contributed by atoms with van der Waals surface area (Å²) in [5.74, 6) is 0.573. The van der Waals surface area contributed by atoms with Crippen LogP contribution in [0.3, 0.4) is 0 Å². The van der Waals surface area contributed by atoms with Crippen LogP contribution in [0.4, 0.5) is 0 Å². The molecule has 0 unspecified atom stereocenters. The highest BCUT2D eigenvalue weighted by atomic mass is 16.5. The van der Waals surface area contributed by atoms with Crippen molar-refractivity contribution >= 4 is 12.1 Å². The van der Waals surface area contributed by atoms with E-state index in [-0.39, 0.29) is 11.3 Å². The fraction of sp³-hybridized carbons (Fsp3) is 0.222. The summed E-state index contributed by atoms with van der Waals surface area (Å²) in [6.07, 6.45) is 2.34. The van der Waals surface area contributed by atoms with E-state index in [0.29, 0.717) is 23.7 Å². The van der Waals surface area contributed by atoms with Crippen LogP contribution in [0.1, 0.15) is 29.3 Å². The van der Waals surface area contributed by atoms with Gasteiger partial charge in [-0.2, -0.15) is 5.10 Å². The smallest absolute Gasteiger partial charge is 0.275 e. The molecule has 2 aromatic carbocycles. The highest BCUT2D eigenvalue weighted by Crippen LogP contribution is 2.30. The molecule has 0 aliphatic carbocycles. The largest absolute Gasteiger partial charge is 0.507 e. The molecule has 0 heterocycles. The molecule has 24 heavy (non-hydrogen) atoms. The molecule has 0 bridgehead atoms. The highest BCUT2D eigenvalue weighted by molar-refractivity contribution is 5.97. The third kappa shape index (κ3) is 4.25. The van der Waals surface area contributed by atoms with Gasteiger partial charge in [0, 0.05) is 5.56 Å². The standard InChI is InChI=1S/C18H20N2O4/c1-3-11-24-17-13(7-6-10-16(17)23-2)12-19-20-18(22)14-8-4-5-9-15(14)21/h4-10,12,21H,3,11H2,1-2H3,(H,20,22)/b19-12-. The molecule has 2 aromatic rings. The van der Waals surface area contributed by atoms with Crippen molar-refractivity contribution < 1.29 is 19.4 Å². The lowest BCUT2D eigenvalue weighted by Gasteiger charge is -2.12. The minimum Gasteiger partial charge on any atom is -0.507 e.